The van der Waals surface area contributed by atoms with E-state index in [1.54, 1.807) is 6.92 Å². The number of aryl methyl sites for hydroxylation is 2. The molecule has 0 saturated carbocycles. The van der Waals surface area contributed by atoms with Crippen LogP contribution in [0.1, 0.15) is 21.2 Å². The highest BCUT2D eigenvalue weighted by molar-refractivity contribution is 7.21. The number of anilines is 2. The predicted octanol–water partition coefficient (Wildman–Crippen LogP) is 3.05. The van der Waals surface area contributed by atoms with Crippen molar-refractivity contribution in [3.8, 4) is 0 Å². The number of nitrogens with two attached hydrogens (primary N) is 1. The maximum atomic E-state index is 12.5. The fraction of sp³-hybridized carbons (Fsp3) is 0.133. The molecule has 1 amide bonds. The minimum atomic E-state index is -0.501. The average Bonchev–Trinajstić information content (AvgIpc) is 2.84. The van der Waals surface area contributed by atoms with Crippen LogP contribution in [0.2, 0.25) is 0 Å². The number of rotatable bonds is 3. The van der Waals surface area contributed by atoms with E-state index < -0.39 is 4.92 Å². The van der Waals surface area contributed by atoms with Gasteiger partial charge in [0.1, 0.15) is 15.5 Å². The molecule has 0 atom stereocenters. The lowest BCUT2D eigenvalue weighted by molar-refractivity contribution is -0.384. The van der Waals surface area contributed by atoms with Crippen molar-refractivity contribution in [2.24, 2.45) is 0 Å². The van der Waals surface area contributed by atoms with Gasteiger partial charge in [-0.1, -0.05) is 0 Å². The number of nitrogens with zero attached hydrogens (tertiary/aromatic N) is 3. The molecule has 9 heteroatoms. The molecule has 0 aliphatic carbocycles. The van der Waals surface area contributed by atoms with Crippen LogP contribution >= 0.6 is 11.3 Å². The summed E-state index contributed by atoms with van der Waals surface area (Å²) in [6.07, 6.45) is 0. The van der Waals surface area contributed by atoms with E-state index in [0.29, 0.717) is 32.3 Å². The molecule has 2 aromatic heterocycles. The first-order valence-corrected chi connectivity index (χ1v) is 7.77. The van der Waals surface area contributed by atoms with E-state index in [0.717, 1.165) is 5.69 Å². The second kappa shape index (κ2) is 5.85. The third kappa shape index (κ3) is 2.76. The molecule has 24 heavy (non-hydrogen) atoms. The Bertz CT molecular complexity index is 965. The normalized spacial score (nSPS) is 10.8. The second-order valence-corrected chi connectivity index (χ2v) is 6.14. The highest BCUT2D eigenvalue weighted by Gasteiger charge is 2.20. The Labute approximate surface area is 140 Å². The molecule has 122 valence electrons. The summed E-state index contributed by atoms with van der Waals surface area (Å²) < 4.78 is 0. The van der Waals surface area contributed by atoms with Gasteiger partial charge >= 0.3 is 0 Å². The van der Waals surface area contributed by atoms with Gasteiger partial charge in [0, 0.05) is 17.8 Å². The number of carbonyl (C=O) groups excluding carboxylic acids is 1. The molecule has 0 spiro atoms. The van der Waals surface area contributed by atoms with Gasteiger partial charge in [-0.3, -0.25) is 14.9 Å². The van der Waals surface area contributed by atoms with Gasteiger partial charge in [-0.15, -0.1) is 11.3 Å². The zero-order chi connectivity index (χ0) is 17.4. The zero-order valence-corrected chi connectivity index (χ0v) is 13.7. The summed E-state index contributed by atoms with van der Waals surface area (Å²) in [6.45, 7) is 3.59. The van der Waals surface area contributed by atoms with Crippen LogP contribution in [-0.4, -0.2) is 20.8 Å². The first-order valence-electron chi connectivity index (χ1n) is 6.96. The Hall–Kier alpha value is -3.07. The van der Waals surface area contributed by atoms with E-state index >= 15 is 0 Å². The van der Waals surface area contributed by atoms with Crippen molar-refractivity contribution in [3.05, 3.63) is 50.8 Å². The topological polar surface area (TPSA) is 124 Å². The largest absolute Gasteiger partial charge is 0.397 e. The molecule has 0 aliphatic heterocycles. The number of carbonyl (C=O) groups is 1. The zero-order valence-electron chi connectivity index (χ0n) is 12.9. The number of thiophene rings is 1. The third-order valence-electron chi connectivity index (χ3n) is 3.42. The fourth-order valence-corrected chi connectivity index (χ4v) is 3.44. The van der Waals surface area contributed by atoms with Gasteiger partial charge in [0.2, 0.25) is 0 Å². The number of nitrogens with one attached hydrogen (secondary N) is 1. The molecule has 1 aromatic carbocycles. The van der Waals surface area contributed by atoms with Crippen molar-refractivity contribution < 1.29 is 9.72 Å². The summed E-state index contributed by atoms with van der Waals surface area (Å²) in [5.74, 6) is 0.227. The summed E-state index contributed by atoms with van der Waals surface area (Å²) in [4.78, 5) is 32.2. The Kier molecular flexibility index (Phi) is 3.86. The van der Waals surface area contributed by atoms with E-state index in [4.69, 9.17) is 5.73 Å². The van der Waals surface area contributed by atoms with Gasteiger partial charge in [0.15, 0.2) is 0 Å². The number of benzene rings is 1. The lowest BCUT2D eigenvalue weighted by Crippen LogP contribution is -2.12. The number of aromatic nitrogens is 2. The van der Waals surface area contributed by atoms with E-state index in [1.165, 1.54) is 35.6 Å². The Morgan fingerprint density at radius 2 is 1.92 bits per heavy atom. The fourth-order valence-electron chi connectivity index (χ4n) is 2.35. The summed E-state index contributed by atoms with van der Waals surface area (Å²) >= 11 is 1.19. The van der Waals surface area contributed by atoms with Crippen LogP contribution in [0.25, 0.3) is 10.2 Å². The highest BCUT2D eigenvalue weighted by Crippen LogP contribution is 2.34. The minimum Gasteiger partial charge on any atom is -0.397 e. The van der Waals surface area contributed by atoms with E-state index in [9.17, 15) is 14.9 Å². The number of hydrogen-bond donors (Lipinski definition) is 2. The molecular weight excluding hydrogens is 330 g/mol. The number of nitro groups is 1. The van der Waals surface area contributed by atoms with Gasteiger partial charge in [0.05, 0.1) is 21.7 Å². The van der Waals surface area contributed by atoms with Crippen molar-refractivity contribution in [3.63, 3.8) is 0 Å². The molecule has 0 saturated heterocycles. The van der Waals surface area contributed by atoms with Crippen molar-refractivity contribution in [2.75, 3.05) is 11.1 Å². The average molecular weight is 343 g/mol. The number of amides is 1. The van der Waals surface area contributed by atoms with Gasteiger partial charge in [-0.05, 0) is 26.0 Å². The maximum absolute atomic E-state index is 12.5. The molecule has 0 radical (unpaired) electrons. The number of nitrogen functional groups attached to an aromatic ring is 1. The van der Waals surface area contributed by atoms with Crippen molar-refractivity contribution >= 4 is 44.5 Å². The first kappa shape index (κ1) is 15.8. The van der Waals surface area contributed by atoms with Crippen LogP contribution in [0.4, 0.5) is 17.1 Å². The van der Waals surface area contributed by atoms with Gasteiger partial charge in [-0.25, -0.2) is 9.97 Å². The van der Waals surface area contributed by atoms with Crippen molar-refractivity contribution in [1.29, 1.82) is 0 Å². The van der Waals surface area contributed by atoms with E-state index in [1.807, 2.05) is 6.92 Å². The molecule has 2 heterocycles. The van der Waals surface area contributed by atoms with E-state index in [-0.39, 0.29) is 11.6 Å². The first-order chi connectivity index (χ1) is 11.4. The molecule has 3 aromatic rings. The summed E-state index contributed by atoms with van der Waals surface area (Å²) in [5, 5.41) is 14.0. The van der Waals surface area contributed by atoms with Gasteiger partial charge in [-0.2, -0.15) is 0 Å². The Morgan fingerprint density at radius 3 is 2.54 bits per heavy atom. The van der Waals surface area contributed by atoms with Gasteiger partial charge in [0.25, 0.3) is 11.6 Å². The molecule has 0 bridgehead atoms. The van der Waals surface area contributed by atoms with Crippen LogP contribution in [0.15, 0.2) is 24.3 Å². The smallest absolute Gasteiger partial charge is 0.269 e. The molecule has 3 N–H and O–H groups in total. The standard InChI is InChI=1S/C15H13N5O3S/c1-7-11-12(16)13(24-15(11)18-8(2)17-7)14(21)19-9-3-5-10(6-4-9)20(22)23/h3-6H,16H2,1-2H3,(H,19,21). The van der Waals surface area contributed by atoms with Crippen LogP contribution in [0.5, 0.6) is 0 Å². The SMILES string of the molecule is Cc1nc(C)c2c(N)c(C(=O)Nc3ccc([N+](=O)[O-])cc3)sc2n1. The van der Waals surface area contributed by atoms with Gasteiger partial charge < -0.3 is 11.1 Å². The predicted molar refractivity (Wildman–Crippen MR) is 92.4 cm³/mol. The summed E-state index contributed by atoms with van der Waals surface area (Å²) in [6, 6.07) is 5.58. The molecule has 0 unspecified atom stereocenters. The van der Waals surface area contributed by atoms with Crippen molar-refractivity contribution in [1.82, 2.24) is 9.97 Å². The molecule has 0 fully saturated rings. The minimum absolute atomic E-state index is 0.0456. The molecular formula is C15H13N5O3S. The summed E-state index contributed by atoms with van der Waals surface area (Å²) in [7, 11) is 0. The van der Waals surface area contributed by atoms with E-state index in [2.05, 4.69) is 15.3 Å². The molecule has 3 rings (SSSR count). The lowest BCUT2D eigenvalue weighted by Gasteiger charge is -2.04. The second-order valence-electron chi connectivity index (χ2n) is 5.14. The van der Waals surface area contributed by atoms with Crippen LogP contribution in [-0.2, 0) is 0 Å². The number of non-ortho nitro benzene ring substituents is 1. The third-order valence-corrected chi connectivity index (χ3v) is 4.52. The van der Waals surface area contributed by atoms with Crippen molar-refractivity contribution in [2.45, 2.75) is 13.8 Å². The Balaban J connectivity index is 1.92. The lowest BCUT2D eigenvalue weighted by atomic mass is 10.2. The number of hydrogen-bond acceptors (Lipinski definition) is 7. The van der Waals surface area contributed by atoms with Crippen LogP contribution < -0.4 is 11.1 Å². The quantitative estimate of drug-likeness (QED) is 0.556. The number of nitro benzene ring substituents is 1. The monoisotopic (exact) mass is 343 g/mol. The highest BCUT2D eigenvalue weighted by atomic mass is 32.1. The molecule has 0 aliphatic rings. The maximum Gasteiger partial charge on any atom is 0.269 e. The van der Waals surface area contributed by atoms with Crippen LogP contribution in [0.3, 0.4) is 0 Å². The summed E-state index contributed by atoms with van der Waals surface area (Å²) in [5.41, 5.74) is 7.55. The number of fused-ring (bicyclic) bond motifs is 1. The Morgan fingerprint density at radius 1 is 1.25 bits per heavy atom. The molecule has 8 nitrogen and oxygen atoms in total. The van der Waals surface area contributed by atoms with Crippen LogP contribution in [0, 0.1) is 24.0 Å².